The molecule has 0 fully saturated rings. The Bertz CT molecular complexity index is 88.9. The standard InChI is InChI=1S/C7H14NO/c1-4-7(9)8-5-6(2)3/h6H,1,4-5H2,2-3H3,(H,8,9). The number of hydrogen-bond acceptors (Lipinski definition) is 1. The summed E-state index contributed by atoms with van der Waals surface area (Å²) in [4.78, 5) is 10.5. The molecule has 0 aliphatic heterocycles. The smallest absolute Gasteiger partial charge is 0.220 e. The fourth-order valence-electron chi connectivity index (χ4n) is 0.406. The molecule has 0 spiro atoms. The third-order valence-electron chi connectivity index (χ3n) is 0.935. The number of amides is 1. The summed E-state index contributed by atoms with van der Waals surface area (Å²) < 4.78 is 0. The van der Waals surface area contributed by atoms with Gasteiger partial charge in [-0.15, -0.1) is 0 Å². The van der Waals surface area contributed by atoms with Crippen LogP contribution in [-0.4, -0.2) is 12.5 Å². The number of carbonyl (C=O) groups excluding carboxylic acids is 1. The molecule has 2 nitrogen and oxygen atoms in total. The second-order valence-electron chi connectivity index (χ2n) is 2.45. The van der Waals surface area contributed by atoms with Gasteiger partial charge in [-0.05, 0) is 12.8 Å². The van der Waals surface area contributed by atoms with Crippen molar-refractivity contribution in [1.29, 1.82) is 0 Å². The molecule has 0 saturated heterocycles. The molecule has 53 valence electrons. The highest BCUT2D eigenvalue weighted by atomic mass is 16.1. The van der Waals surface area contributed by atoms with E-state index in [4.69, 9.17) is 0 Å². The van der Waals surface area contributed by atoms with E-state index in [1.54, 1.807) is 0 Å². The highest BCUT2D eigenvalue weighted by Crippen LogP contribution is 1.87. The molecule has 0 aliphatic rings. The van der Waals surface area contributed by atoms with Crippen molar-refractivity contribution in [2.45, 2.75) is 20.3 Å². The number of rotatable bonds is 3. The molecule has 0 aromatic carbocycles. The zero-order valence-electron chi connectivity index (χ0n) is 6.11. The zero-order valence-corrected chi connectivity index (χ0v) is 6.11. The van der Waals surface area contributed by atoms with E-state index < -0.39 is 0 Å². The maximum Gasteiger partial charge on any atom is 0.220 e. The molecule has 0 rings (SSSR count). The van der Waals surface area contributed by atoms with Gasteiger partial charge in [0.1, 0.15) is 0 Å². The van der Waals surface area contributed by atoms with Crippen molar-refractivity contribution >= 4 is 5.91 Å². The molecular formula is C7H14NO. The summed E-state index contributed by atoms with van der Waals surface area (Å²) in [6.07, 6.45) is 0.340. The zero-order chi connectivity index (χ0) is 7.28. The first-order valence-corrected chi connectivity index (χ1v) is 3.22. The highest BCUT2D eigenvalue weighted by molar-refractivity contribution is 5.76. The van der Waals surface area contributed by atoms with E-state index in [-0.39, 0.29) is 5.91 Å². The van der Waals surface area contributed by atoms with Crippen LogP contribution in [0.3, 0.4) is 0 Å². The van der Waals surface area contributed by atoms with E-state index in [1.807, 2.05) is 0 Å². The average Bonchev–Trinajstić information content (AvgIpc) is 1.83. The summed E-state index contributed by atoms with van der Waals surface area (Å²) >= 11 is 0. The first-order valence-electron chi connectivity index (χ1n) is 3.22. The third-order valence-corrected chi connectivity index (χ3v) is 0.935. The summed E-state index contributed by atoms with van der Waals surface area (Å²) in [7, 11) is 0. The fraction of sp³-hybridized carbons (Fsp3) is 0.714. The molecule has 0 aromatic heterocycles. The van der Waals surface area contributed by atoms with E-state index in [0.717, 1.165) is 6.54 Å². The van der Waals surface area contributed by atoms with Gasteiger partial charge in [0.05, 0.1) is 0 Å². The SMILES string of the molecule is [CH2]CC(=O)NCC(C)C. The van der Waals surface area contributed by atoms with Gasteiger partial charge in [-0.3, -0.25) is 4.79 Å². The van der Waals surface area contributed by atoms with Crippen LogP contribution in [-0.2, 0) is 4.79 Å². The van der Waals surface area contributed by atoms with E-state index in [0.29, 0.717) is 12.3 Å². The Balaban J connectivity index is 3.17. The van der Waals surface area contributed by atoms with Gasteiger partial charge in [0.15, 0.2) is 0 Å². The van der Waals surface area contributed by atoms with Crippen LogP contribution in [0.2, 0.25) is 0 Å². The van der Waals surface area contributed by atoms with Gasteiger partial charge in [0.2, 0.25) is 5.91 Å². The molecule has 0 unspecified atom stereocenters. The topological polar surface area (TPSA) is 29.1 Å². The molecule has 0 heterocycles. The average molecular weight is 128 g/mol. The maximum absolute atomic E-state index is 10.5. The molecule has 0 aromatic rings. The lowest BCUT2D eigenvalue weighted by atomic mass is 10.2. The van der Waals surface area contributed by atoms with Crippen LogP contribution in [0.5, 0.6) is 0 Å². The molecule has 1 N–H and O–H groups in total. The number of carbonyl (C=O) groups is 1. The second kappa shape index (κ2) is 4.36. The van der Waals surface area contributed by atoms with E-state index >= 15 is 0 Å². The van der Waals surface area contributed by atoms with Gasteiger partial charge in [-0.25, -0.2) is 0 Å². The largest absolute Gasteiger partial charge is 0.356 e. The normalized spacial score (nSPS) is 9.78. The molecular weight excluding hydrogens is 114 g/mol. The van der Waals surface area contributed by atoms with Crippen molar-refractivity contribution in [2.24, 2.45) is 5.92 Å². The van der Waals surface area contributed by atoms with Crippen LogP contribution in [0.1, 0.15) is 20.3 Å². The van der Waals surface area contributed by atoms with Gasteiger partial charge < -0.3 is 5.32 Å². The van der Waals surface area contributed by atoms with Crippen molar-refractivity contribution in [1.82, 2.24) is 5.32 Å². The quantitative estimate of drug-likeness (QED) is 0.603. The first-order chi connectivity index (χ1) is 4.16. The van der Waals surface area contributed by atoms with Crippen LogP contribution in [0.15, 0.2) is 0 Å². The van der Waals surface area contributed by atoms with Crippen molar-refractivity contribution in [3.05, 3.63) is 6.92 Å². The molecule has 0 atom stereocenters. The van der Waals surface area contributed by atoms with Gasteiger partial charge in [-0.2, -0.15) is 0 Å². The molecule has 2 heteroatoms. The van der Waals surface area contributed by atoms with Crippen molar-refractivity contribution < 1.29 is 4.79 Å². The Morgan fingerprint density at radius 2 is 2.22 bits per heavy atom. The third kappa shape index (κ3) is 5.34. The predicted molar refractivity (Wildman–Crippen MR) is 37.8 cm³/mol. The fourth-order valence-corrected chi connectivity index (χ4v) is 0.406. The van der Waals surface area contributed by atoms with Gasteiger partial charge >= 0.3 is 0 Å². The van der Waals surface area contributed by atoms with E-state index in [1.165, 1.54) is 0 Å². The minimum absolute atomic E-state index is 0.0312. The van der Waals surface area contributed by atoms with Crippen molar-refractivity contribution in [2.75, 3.05) is 6.54 Å². The Morgan fingerprint density at radius 1 is 1.67 bits per heavy atom. The molecule has 1 amide bonds. The van der Waals surface area contributed by atoms with Crippen LogP contribution in [0, 0.1) is 12.8 Å². The minimum atomic E-state index is 0.0312. The van der Waals surface area contributed by atoms with E-state index in [9.17, 15) is 4.79 Å². The van der Waals surface area contributed by atoms with Crippen LogP contribution in [0.4, 0.5) is 0 Å². The van der Waals surface area contributed by atoms with Gasteiger partial charge in [0, 0.05) is 13.0 Å². The van der Waals surface area contributed by atoms with Gasteiger partial charge in [-0.1, -0.05) is 13.8 Å². The summed E-state index contributed by atoms with van der Waals surface area (Å²) in [5.74, 6) is 0.559. The molecule has 0 bridgehead atoms. The monoisotopic (exact) mass is 128 g/mol. The number of nitrogens with one attached hydrogen (secondary N) is 1. The minimum Gasteiger partial charge on any atom is -0.356 e. The van der Waals surface area contributed by atoms with Crippen LogP contribution < -0.4 is 5.32 Å². The van der Waals surface area contributed by atoms with Crippen LogP contribution >= 0.6 is 0 Å². The van der Waals surface area contributed by atoms with Crippen molar-refractivity contribution in [3.63, 3.8) is 0 Å². The van der Waals surface area contributed by atoms with Gasteiger partial charge in [0.25, 0.3) is 0 Å². The van der Waals surface area contributed by atoms with Crippen LogP contribution in [0.25, 0.3) is 0 Å². The molecule has 0 aliphatic carbocycles. The lowest BCUT2D eigenvalue weighted by Crippen LogP contribution is -2.26. The maximum atomic E-state index is 10.5. The first kappa shape index (κ1) is 8.47. The molecule has 9 heavy (non-hydrogen) atoms. The summed E-state index contributed by atoms with van der Waals surface area (Å²) in [6, 6.07) is 0. The van der Waals surface area contributed by atoms with E-state index in [2.05, 4.69) is 26.1 Å². The Morgan fingerprint density at radius 3 is 2.56 bits per heavy atom. The predicted octanol–water partition coefficient (Wildman–Crippen LogP) is 0.983. The summed E-state index contributed by atoms with van der Waals surface area (Å²) in [5.41, 5.74) is 0. The lowest BCUT2D eigenvalue weighted by Gasteiger charge is -2.04. The summed E-state index contributed by atoms with van der Waals surface area (Å²) in [6.45, 7) is 8.33. The highest BCUT2D eigenvalue weighted by Gasteiger charge is 1.96. The Kier molecular flexibility index (Phi) is 4.10. The Hall–Kier alpha value is -0.530. The lowest BCUT2D eigenvalue weighted by molar-refractivity contribution is -0.120. The van der Waals surface area contributed by atoms with Crippen molar-refractivity contribution in [3.8, 4) is 0 Å². The molecule has 0 saturated carbocycles. The number of hydrogen-bond donors (Lipinski definition) is 1. The summed E-state index contributed by atoms with van der Waals surface area (Å²) in [5, 5.41) is 2.73. The second-order valence-corrected chi connectivity index (χ2v) is 2.45. The Labute approximate surface area is 56.6 Å². The molecule has 1 radical (unpaired) electrons.